The third-order valence-electron chi connectivity index (χ3n) is 2.61. The van der Waals surface area contributed by atoms with Gasteiger partial charge in [-0.1, -0.05) is 17.7 Å². The fourth-order valence-electron chi connectivity index (χ4n) is 1.64. The second-order valence-corrected chi connectivity index (χ2v) is 4.38. The summed E-state index contributed by atoms with van der Waals surface area (Å²) in [5, 5.41) is 0.612. The lowest BCUT2D eigenvalue weighted by molar-refractivity contribution is 0.302. The number of ether oxygens (including phenoxy) is 1. The number of nitrogens with zero attached hydrogens (tertiary/aromatic N) is 2. The first-order valence-electron chi connectivity index (χ1n) is 5.86. The third kappa shape index (κ3) is 3.48. The molecular weight excluding hydrogens is 250 g/mol. The minimum Gasteiger partial charge on any atom is -0.492 e. The van der Waals surface area contributed by atoms with Gasteiger partial charge in [-0.2, -0.15) is 0 Å². The van der Waals surface area contributed by atoms with E-state index in [-0.39, 0.29) is 0 Å². The first-order valence-corrected chi connectivity index (χ1v) is 6.24. The van der Waals surface area contributed by atoms with Crippen LogP contribution in [0.1, 0.15) is 12.0 Å². The molecule has 0 fully saturated rings. The van der Waals surface area contributed by atoms with Crippen LogP contribution < -0.4 is 10.5 Å². The van der Waals surface area contributed by atoms with E-state index >= 15 is 0 Å². The summed E-state index contributed by atoms with van der Waals surface area (Å²) < 4.78 is 7.64. The molecule has 18 heavy (non-hydrogen) atoms. The van der Waals surface area contributed by atoms with E-state index in [1.165, 1.54) is 0 Å². The van der Waals surface area contributed by atoms with Gasteiger partial charge < -0.3 is 15.0 Å². The molecule has 0 aliphatic rings. The van der Waals surface area contributed by atoms with Crippen molar-refractivity contribution in [1.82, 2.24) is 9.55 Å². The highest BCUT2D eigenvalue weighted by Gasteiger charge is 2.02. The van der Waals surface area contributed by atoms with Crippen molar-refractivity contribution < 1.29 is 4.74 Å². The second-order valence-electron chi connectivity index (χ2n) is 3.97. The van der Waals surface area contributed by atoms with Crippen molar-refractivity contribution in [2.24, 2.45) is 5.73 Å². The molecule has 0 amide bonds. The van der Waals surface area contributed by atoms with Crippen LogP contribution in [0.5, 0.6) is 5.75 Å². The van der Waals surface area contributed by atoms with Crippen molar-refractivity contribution in [3.05, 3.63) is 47.5 Å². The monoisotopic (exact) mass is 265 g/mol. The van der Waals surface area contributed by atoms with Crippen LogP contribution in [0.3, 0.4) is 0 Å². The molecule has 1 heterocycles. The largest absolute Gasteiger partial charge is 0.492 e. The third-order valence-corrected chi connectivity index (χ3v) is 2.90. The summed E-state index contributed by atoms with van der Waals surface area (Å²) in [7, 11) is 0. The summed E-state index contributed by atoms with van der Waals surface area (Å²) >= 11 is 6.09. The maximum Gasteiger partial charge on any atom is 0.137 e. The molecule has 0 aliphatic carbocycles. The van der Waals surface area contributed by atoms with Crippen molar-refractivity contribution in [3.8, 4) is 5.75 Å². The Labute approximate surface area is 111 Å². The van der Waals surface area contributed by atoms with Gasteiger partial charge in [0.2, 0.25) is 0 Å². The molecule has 5 heteroatoms. The van der Waals surface area contributed by atoms with Crippen LogP contribution in [0.4, 0.5) is 0 Å². The Kier molecular flexibility index (Phi) is 4.61. The Hall–Kier alpha value is -1.52. The molecule has 1 aromatic carbocycles. The highest BCUT2D eigenvalue weighted by Crippen LogP contribution is 2.25. The highest BCUT2D eigenvalue weighted by molar-refractivity contribution is 6.32. The zero-order valence-electron chi connectivity index (χ0n) is 10.1. The van der Waals surface area contributed by atoms with Gasteiger partial charge in [0.15, 0.2) is 0 Å². The summed E-state index contributed by atoms with van der Waals surface area (Å²) in [5.74, 6) is 0.708. The Balaban J connectivity index is 1.79. The van der Waals surface area contributed by atoms with E-state index in [4.69, 9.17) is 22.1 Å². The van der Waals surface area contributed by atoms with Gasteiger partial charge in [0.1, 0.15) is 5.75 Å². The number of rotatable bonds is 6. The van der Waals surface area contributed by atoms with Gasteiger partial charge in [0.05, 0.1) is 18.0 Å². The predicted molar refractivity (Wildman–Crippen MR) is 71.7 cm³/mol. The molecule has 2 aromatic rings. The highest BCUT2D eigenvalue weighted by atomic mass is 35.5. The molecule has 0 spiro atoms. The van der Waals surface area contributed by atoms with Crippen LogP contribution in [0.25, 0.3) is 0 Å². The lowest BCUT2D eigenvalue weighted by Crippen LogP contribution is -2.04. The molecule has 0 saturated carbocycles. The average Bonchev–Trinajstić information content (AvgIpc) is 2.89. The zero-order chi connectivity index (χ0) is 12.8. The van der Waals surface area contributed by atoms with Gasteiger partial charge in [-0.05, 0) is 24.1 Å². The Morgan fingerprint density at radius 3 is 2.94 bits per heavy atom. The lowest BCUT2D eigenvalue weighted by Gasteiger charge is -2.09. The van der Waals surface area contributed by atoms with Gasteiger partial charge in [0.25, 0.3) is 0 Å². The molecule has 4 nitrogen and oxygen atoms in total. The van der Waals surface area contributed by atoms with Crippen molar-refractivity contribution in [3.63, 3.8) is 0 Å². The predicted octanol–water partition coefficient (Wildman–Crippen LogP) is 2.46. The SMILES string of the molecule is NCc1ccc(OCCCn2ccnc2)c(Cl)c1. The van der Waals surface area contributed by atoms with Crippen molar-refractivity contribution >= 4 is 11.6 Å². The Morgan fingerprint density at radius 2 is 2.28 bits per heavy atom. The smallest absolute Gasteiger partial charge is 0.137 e. The minimum atomic E-state index is 0.487. The summed E-state index contributed by atoms with van der Waals surface area (Å²) in [5.41, 5.74) is 6.54. The van der Waals surface area contributed by atoms with Gasteiger partial charge in [-0.25, -0.2) is 4.98 Å². The average molecular weight is 266 g/mol. The van der Waals surface area contributed by atoms with E-state index in [9.17, 15) is 0 Å². The molecule has 0 unspecified atom stereocenters. The van der Waals surface area contributed by atoms with Gasteiger partial charge >= 0.3 is 0 Å². The molecule has 1 aromatic heterocycles. The maximum atomic E-state index is 6.09. The quantitative estimate of drug-likeness (QED) is 0.817. The number of halogens is 1. The van der Waals surface area contributed by atoms with Crippen LogP contribution in [-0.4, -0.2) is 16.2 Å². The number of imidazole rings is 1. The summed E-state index contributed by atoms with van der Waals surface area (Å²) in [6.45, 7) is 2.00. The van der Waals surface area contributed by atoms with E-state index in [0.29, 0.717) is 23.9 Å². The standard InChI is InChI=1S/C13H16ClN3O/c14-12-8-11(9-15)2-3-13(12)18-7-1-5-17-6-4-16-10-17/h2-4,6,8,10H,1,5,7,9,15H2. The maximum absolute atomic E-state index is 6.09. The molecule has 2 rings (SSSR count). The molecule has 0 saturated heterocycles. The lowest BCUT2D eigenvalue weighted by atomic mass is 10.2. The van der Waals surface area contributed by atoms with Crippen LogP contribution in [0, 0.1) is 0 Å². The fraction of sp³-hybridized carbons (Fsp3) is 0.308. The number of hydrogen-bond acceptors (Lipinski definition) is 3. The van der Waals surface area contributed by atoms with Crippen LogP contribution >= 0.6 is 11.6 Å². The van der Waals surface area contributed by atoms with Crippen LogP contribution in [-0.2, 0) is 13.1 Å². The summed E-state index contributed by atoms with van der Waals surface area (Å²) in [6.07, 6.45) is 6.40. The number of aromatic nitrogens is 2. The Bertz CT molecular complexity index is 485. The van der Waals surface area contributed by atoms with E-state index < -0.39 is 0 Å². The molecule has 96 valence electrons. The fourth-order valence-corrected chi connectivity index (χ4v) is 1.89. The minimum absolute atomic E-state index is 0.487. The van der Waals surface area contributed by atoms with E-state index in [2.05, 4.69) is 4.98 Å². The number of hydrogen-bond donors (Lipinski definition) is 1. The molecular formula is C13H16ClN3O. The normalized spacial score (nSPS) is 10.6. The van der Waals surface area contributed by atoms with Crippen LogP contribution in [0.15, 0.2) is 36.9 Å². The van der Waals surface area contributed by atoms with Crippen LogP contribution in [0.2, 0.25) is 5.02 Å². The molecule has 0 atom stereocenters. The first kappa shape index (κ1) is 12.9. The number of benzene rings is 1. The van der Waals surface area contributed by atoms with Crippen molar-refractivity contribution in [1.29, 1.82) is 0 Å². The van der Waals surface area contributed by atoms with E-state index in [0.717, 1.165) is 18.5 Å². The Morgan fingerprint density at radius 1 is 1.39 bits per heavy atom. The summed E-state index contributed by atoms with van der Waals surface area (Å²) in [6, 6.07) is 5.63. The molecule has 0 radical (unpaired) electrons. The summed E-state index contributed by atoms with van der Waals surface area (Å²) in [4.78, 5) is 3.98. The zero-order valence-corrected chi connectivity index (χ0v) is 10.8. The van der Waals surface area contributed by atoms with Crippen molar-refractivity contribution in [2.75, 3.05) is 6.61 Å². The van der Waals surface area contributed by atoms with E-state index in [1.807, 2.05) is 29.0 Å². The van der Waals surface area contributed by atoms with Gasteiger partial charge in [-0.15, -0.1) is 0 Å². The molecule has 2 N–H and O–H groups in total. The topological polar surface area (TPSA) is 53.1 Å². The van der Waals surface area contributed by atoms with Crippen molar-refractivity contribution in [2.45, 2.75) is 19.5 Å². The first-order chi connectivity index (χ1) is 8.79. The number of nitrogens with two attached hydrogens (primary N) is 1. The molecule has 0 bridgehead atoms. The van der Waals surface area contributed by atoms with Gasteiger partial charge in [0, 0.05) is 25.5 Å². The number of aryl methyl sites for hydroxylation is 1. The van der Waals surface area contributed by atoms with E-state index in [1.54, 1.807) is 12.5 Å². The van der Waals surface area contributed by atoms with Gasteiger partial charge in [-0.3, -0.25) is 0 Å². The second kappa shape index (κ2) is 6.42. The molecule has 0 aliphatic heterocycles.